The SMILES string of the molecule is O=C(O)C1=C/C(=C/C=[N+]2\c3cc(O[C@@H]4O[C@H](CO)[C@@H](O)[C@H](O)[C@H]4O)c(O)cc3C[C@H]2C(=O)[O-])C[C@@H](C(=O)O)N1. The molecular weight excluding hydrogens is 524 g/mol. The number of carboxylic acid groups (broad SMARTS) is 3. The van der Waals surface area contributed by atoms with Crippen molar-refractivity contribution < 1.29 is 69.3 Å². The minimum absolute atomic E-state index is 0.0965. The molecule has 0 amide bonds. The van der Waals surface area contributed by atoms with Crippen LogP contribution in [0.25, 0.3) is 0 Å². The van der Waals surface area contributed by atoms with Crippen molar-refractivity contribution in [2.75, 3.05) is 6.61 Å². The number of carbonyl (C=O) groups is 3. The van der Waals surface area contributed by atoms with E-state index in [1.54, 1.807) is 0 Å². The van der Waals surface area contributed by atoms with Gasteiger partial charge in [-0.05, 0) is 17.7 Å². The van der Waals surface area contributed by atoms with Gasteiger partial charge < -0.3 is 60.4 Å². The quantitative estimate of drug-likeness (QED) is 0.152. The van der Waals surface area contributed by atoms with Crippen LogP contribution in [-0.2, 0) is 25.5 Å². The molecule has 3 heterocycles. The number of aromatic hydroxyl groups is 1. The van der Waals surface area contributed by atoms with Crippen molar-refractivity contribution in [3.8, 4) is 11.5 Å². The molecule has 1 aromatic rings. The standard InChI is InChI=1S/C24H26N2O13/c27-8-17-18(29)19(30)20(31)24(39-17)38-16-7-13-10(6-15(16)28)5-14(23(36)37)26(13)2-1-9-3-11(21(32)33)25-12(4-9)22(34)35/h1-3,6-7,12,14,17-20,24,27,29-31H,4-5,8H2,(H4,28,32,33,34,35,36,37)/t12-,14-,17+,18+,19-,20+,24+/m0/s1. The summed E-state index contributed by atoms with van der Waals surface area (Å²) >= 11 is 0. The summed E-state index contributed by atoms with van der Waals surface area (Å²) in [5.41, 5.74) is 0.518. The van der Waals surface area contributed by atoms with Crippen LogP contribution in [0.5, 0.6) is 11.5 Å². The fourth-order valence-corrected chi connectivity index (χ4v) is 4.57. The summed E-state index contributed by atoms with van der Waals surface area (Å²) in [6.07, 6.45) is -4.35. The average Bonchev–Trinajstić information content (AvgIpc) is 3.24. The molecule has 15 heteroatoms. The van der Waals surface area contributed by atoms with E-state index in [1.807, 2.05) is 0 Å². The maximum absolute atomic E-state index is 11.9. The fourth-order valence-electron chi connectivity index (χ4n) is 4.57. The number of hydrogen-bond donors (Lipinski definition) is 8. The highest BCUT2D eigenvalue weighted by atomic mass is 16.7. The Morgan fingerprint density at radius 2 is 1.85 bits per heavy atom. The van der Waals surface area contributed by atoms with Crippen molar-refractivity contribution in [3.63, 3.8) is 0 Å². The third-order valence-electron chi connectivity index (χ3n) is 6.63. The van der Waals surface area contributed by atoms with Gasteiger partial charge in [0.25, 0.3) is 0 Å². The van der Waals surface area contributed by atoms with Crippen LogP contribution in [-0.4, -0.2) is 114 Å². The molecule has 3 aliphatic rings. The Morgan fingerprint density at radius 3 is 2.46 bits per heavy atom. The van der Waals surface area contributed by atoms with Gasteiger partial charge in [-0.3, -0.25) is 0 Å². The number of aliphatic hydroxyl groups excluding tert-OH is 4. The summed E-state index contributed by atoms with van der Waals surface area (Å²) in [5, 5.41) is 83.0. The second-order valence-electron chi connectivity index (χ2n) is 9.20. The Kier molecular flexibility index (Phi) is 7.89. The van der Waals surface area contributed by atoms with Gasteiger partial charge in [0.05, 0.1) is 12.7 Å². The number of nitrogens with zero attached hydrogens (tertiary/aromatic N) is 1. The van der Waals surface area contributed by atoms with E-state index in [1.165, 1.54) is 35.1 Å². The Balaban J connectivity index is 1.69. The Bertz CT molecular complexity index is 1270. The topological polar surface area (TPSA) is 249 Å². The minimum atomic E-state index is -1.77. The first kappa shape index (κ1) is 28.0. The highest BCUT2D eigenvalue weighted by Crippen LogP contribution is 2.40. The molecule has 0 radical (unpaired) electrons. The van der Waals surface area contributed by atoms with Gasteiger partial charge >= 0.3 is 11.9 Å². The smallest absolute Gasteiger partial charge is 0.351 e. The number of hydrogen-bond acceptors (Lipinski definition) is 12. The van der Waals surface area contributed by atoms with Crippen molar-refractivity contribution in [3.05, 3.63) is 41.1 Å². The summed E-state index contributed by atoms with van der Waals surface area (Å²) in [7, 11) is 0. The van der Waals surface area contributed by atoms with Gasteiger partial charge in [0.15, 0.2) is 17.7 Å². The first-order chi connectivity index (χ1) is 18.4. The van der Waals surface area contributed by atoms with Gasteiger partial charge in [-0.1, -0.05) is 0 Å². The molecule has 3 aliphatic heterocycles. The first-order valence-corrected chi connectivity index (χ1v) is 11.7. The molecule has 8 N–H and O–H groups in total. The number of benzene rings is 1. The third-order valence-corrected chi connectivity index (χ3v) is 6.63. The van der Waals surface area contributed by atoms with E-state index in [2.05, 4.69) is 5.32 Å². The van der Waals surface area contributed by atoms with E-state index in [9.17, 15) is 55.2 Å². The monoisotopic (exact) mass is 550 g/mol. The number of phenols is 1. The van der Waals surface area contributed by atoms with Crippen molar-refractivity contribution in [1.82, 2.24) is 5.32 Å². The van der Waals surface area contributed by atoms with Gasteiger partial charge in [0.1, 0.15) is 42.1 Å². The minimum Gasteiger partial charge on any atom is -0.543 e. The predicted molar refractivity (Wildman–Crippen MR) is 124 cm³/mol. The number of fused-ring (bicyclic) bond motifs is 1. The zero-order valence-electron chi connectivity index (χ0n) is 20.1. The second kappa shape index (κ2) is 11.0. The van der Waals surface area contributed by atoms with Gasteiger partial charge in [-0.25, -0.2) is 9.59 Å². The van der Waals surface area contributed by atoms with Crippen LogP contribution in [0.1, 0.15) is 12.0 Å². The van der Waals surface area contributed by atoms with Gasteiger partial charge in [0.2, 0.25) is 18.0 Å². The fraction of sp³-hybridized carbons (Fsp3) is 0.417. The highest BCUT2D eigenvalue weighted by Gasteiger charge is 2.45. The molecule has 15 nitrogen and oxygen atoms in total. The van der Waals surface area contributed by atoms with Gasteiger partial charge in [0, 0.05) is 24.5 Å². The highest BCUT2D eigenvalue weighted by molar-refractivity contribution is 5.89. The molecular formula is C24H26N2O13. The van der Waals surface area contributed by atoms with Gasteiger partial charge in [-0.15, -0.1) is 0 Å². The second-order valence-corrected chi connectivity index (χ2v) is 9.20. The number of allylic oxidation sites excluding steroid dienone is 2. The Hall–Kier alpha value is -4.02. The van der Waals surface area contributed by atoms with Crippen molar-refractivity contribution in [2.45, 2.75) is 55.6 Å². The number of carboxylic acids is 3. The largest absolute Gasteiger partial charge is 0.543 e. The lowest BCUT2D eigenvalue weighted by Gasteiger charge is -2.39. The molecule has 0 bridgehead atoms. The Morgan fingerprint density at radius 1 is 1.13 bits per heavy atom. The molecule has 0 aromatic heterocycles. The zero-order chi connectivity index (χ0) is 28.6. The van der Waals surface area contributed by atoms with E-state index in [-0.39, 0.29) is 35.5 Å². The summed E-state index contributed by atoms with van der Waals surface area (Å²) < 4.78 is 12.1. The van der Waals surface area contributed by atoms with E-state index >= 15 is 0 Å². The molecule has 0 saturated carbocycles. The molecule has 0 aliphatic carbocycles. The van der Waals surface area contributed by atoms with Crippen LogP contribution in [0, 0.1) is 0 Å². The lowest BCUT2D eigenvalue weighted by atomic mass is 9.99. The van der Waals surface area contributed by atoms with Crippen molar-refractivity contribution in [1.29, 1.82) is 0 Å². The van der Waals surface area contributed by atoms with Crippen LogP contribution in [0.2, 0.25) is 0 Å². The molecule has 1 aromatic carbocycles. The molecule has 1 fully saturated rings. The maximum Gasteiger partial charge on any atom is 0.351 e. The third kappa shape index (κ3) is 5.57. The van der Waals surface area contributed by atoms with Crippen LogP contribution < -0.4 is 15.2 Å². The number of aliphatic carboxylic acids is 3. The molecule has 4 rings (SSSR count). The molecule has 210 valence electrons. The van der Waals surface area contributed by atoms with E-state index in [4.69, 9.17) is 9.47 Å². The molecule has 0 unspecified atom stereocenters. The predicted octanol–water partition coefficient (Wildman–Crippen LogP) is -3.70. The van der Waals surface area contributed by atoms with Crippen molar-refractivity contribution >= 4 is 29.8 Å². The first-order valence-electron chi connectivity index (χ1n) is 11.7. The number of carbonyl (C=O) groups excluding carboxylic acids is 1. The number of nitrogens with one attached hydrogen (secondary N) is 1. The van der Waals surface area contributed by atoms with Crippen LogP contribution in [0.15, 0.2) is 35.6 Å². The number of rotatable bonds is 7. The van der Waals surface area contributed by atoms with Gasteiger partial charge in [-0.2, -0.15) is 4.58 Å². The summed E-state index contributed by atoms with van der Waals surface area (Å²) in [5.74, 6) is -4.87. The average molecular weight is 550 g/mol. The lowest BCUT2D eigenvalue weighted by molar-refractivity contribution is -0.475. The number of phenolic OH excluding ortho intramolecular Hbond substituents is 1. The normalized spacial score (nSPS) is 32.3. The van der Waals surface area contributed by atoms with Crippen LogP contribution >= 0.6 is 0 Å². The van der Waals surface area contributed by atoms with E-state index in [0.29, 0.717) is 5.56 Å². The van der Waals surface area contributed by atoms with Crippen LogP contribution in [0.4, 0.5) is 5.69 Å². The van der Waals surface area contributed by atoms with Crippen molar-refractivity contribution in [2.24, 2.45) is 0 Å². The molecule has 7 atom stereocenters. The summed E-state index contributed by atoms with van der Waals surface area (Å²) in [6, 6.07) is -0.0120. The van der Waals surface area contributed by atoms with E-state index < -0.39 is 73.1 Å². The molecule has 1 saturated heterocycles. The summed E-state index contributed by atoms with van der Waals surface area (Å²) in [6.45, 7) is -0.706. The summed E-state index contributed by atoms with van der Waals surface area (Å²) in [4.78, 5) is 34.7. The zero-order valence-corrected chi connectivity index (χ0v) is 20.1. The molecule has 0 spiro atoms. The number of aliphatic hydroxyl groups is 4. The maximum atomic E-state index is 11.9. The number of ether oxygens (including phenoxy) is 2. The van der Waals surface area contributed by atoms with E-state index in [0.717, 1.165) is 0 Å². The molecule has 39 heavy (non-hydrogen) atoms. The lowest BCUT2D eigenvalue weighted by Crippen LogP contribution is -2.60. The Labute approximate surface area is 219 Å². The van der Waals surface area contributed by atoms with Crippen LogP contribution in [0.3, 0.4) is 0 Å².